The first-order valence-corrected chi connectivity index (χ1v) is 6.65. The van der Waals surface area contributed by atoms with Gasteiger partial charge in [0, 0.05) is 23.3 Å². The van der Waals surface area contributed by atoms with Gasteiger partial charge >= 0.3 is 5.97 Å². The van der Waals surface area contributed by atoms with Crippen molar-refractivity contribution in [3.05, 3.63) is 54.4 Å². The van der Waals surface area contributed by atoms with Gasteiger partial charge in [0.2, 0.25) is 0 Å². The topological polar surface area (TPSA) is 92.0 Å². The number of hydrogen-bond acceptors (Lipinski definition) is 3. The first-order chi connectivity index (χ1) is 10.1. The average molecular weight is 281 g/mol. The minimum absolute atomic E-state index is 0.324. The Balaban J connectivity index is 1.89. The van der Waals surface area contributed by atoms with E-state index in [-0.39, 0.29) is 0 Å². The Labute approximate surface area is 121 Å². The van der Waals surface area contributed by atoms with Crippen molar-refractivity contribution in [1.82, 2.24) is 9.97 Å². The number of carboxylic acid groups (broad SMARTS) is 1. The first kappa shape index (κ1) is 13.3. The third-order valence-corrected chi connectivity index (χ3v) is 3.49. The quantitative estimate of drug-likeness (QED) is 0.683. The molecular formula is C16H15N3O2. The lowest BCUT2D eigenvalue weighted by atomic mass is 10.0. The van der Waals surface area contributed by atoms with Gasteiger partial charge in [0.05, 0.1) is 0 Å². The number of H-pyrrole nitrogens is 1. The lowest BCUT2D eigenvalue weighted by Crippen LogP contribution is -2.32. The summed E-state index contributed by atoms with van der Waals surface area (Å²) < 4.78 is 0. The smallest absolute Gasteiger partial charge is 0.320 e. The molecular weight excluding hydrogens is 266 g/mol. The van der Waals surface area contributed by atoms with Crippen LogP contribution in [0.1, 0.15) is 5.56 Å². The second-order valence-corrected chi connectivity index (χ2v) is 4.95. The van der Waals surface area contributed by atoms with Crippen LogP contribution in [-0.4, -0.2) is 27.1 Å². The SMILES string of the molecule is N[C@@H](Cc1ccc(-c2c[nH]c3ncccc23)cc1)C(=O)O. The van der Waals surface area contributed by atoms with Crippen molar-refractivity contribution < 1.29 is 9.90 Å². The van der Waals surface area contributed by atoms with Crippen molar-refractivity contribution in [2.24, 2.45) is 5.73 Å². The van der Waals surface area contributed by atoms with Crippen LogP contribution in [0.2, 0.25) is 0 Å². The fourth-order valence-electron chi connectivity index (χ4n) is 2.36. The van der Waals surface area contributed by atoms with Crippen LogP contribution in [0.3, 0.4) is 0 Å². The van der Waals surface area contributed by atoms with Crippen LogP contribution in [0.25, 0.3) is 22.2 Å². The Bertz CT molecular complexity index is 778. The number of nitrogens with one attached hydrogen (secondary N) is 1. The fourth-order valence-corrected chi connectivity index (χ4v) is 2.36. The molecule has 5 nitrogen and oxygen atoms in total. The maximum Gasteiger partial charge on any atom is 0.320 e. The predicted molar refractivity (Wildman–Crippen MR) is 80.8 cm³/mol. The number of fused-ring (bicyclic) bond motifs is 1. The van der Waals surface area contributed by atoms with Crippen molar-refractivity contribution in [2.45, 2.75) is 12.5 Å². The van der Waals surface area contributed by atoms with Gasteiger partial charge < -0.3 is 15.8 Å². The summed E-state index contributed by atoms with van der Waals surface area (Å²) in [6.45, 7) is 0. The Morgan fingerprint density at radius 2 is 2.05 bits per heavy atom. The van der Waals surface area contributed by atoms with Gasteiger partial charge in [-0.2, -0.15) is 0 Å². The molecule has 0 spiro atoms. The lowest BCUT2D eigenvalue weighted by Gasteiger charge is -2.07. The number of aliphatic carboxylic acids is 1. The van der Waals surface area contributed by atoms with Crippen LogP contribution in [0, 0.1) is 0 Å². The number of nitrogens with two attached hydrogens (primary N) is 1. The van der Waals surface area contributed by atoms with Crippen molar-refractivity contribution in [3.63, 3.8) is 0 Å². The van der Waals surface area contributed by atoms with E-state index >= 15 is 0 Å². The highest BCUT2D eigenvalue weighted by Crippen LogP contribution is 2.27. The molecule has 0 unspecified atom stereocenters. The number of aromatic amines is 1. The Hall–Kier alpha value is -2.66. The highest BCUT2D eigenvalue weighted by atomic mass is 16.4. The molecule has 0 aliphatic carbocycles. The van der Waals surface area contributed by atoms with Gasteiger partial charge in [0.15, 0.2) is 0 Å². The Morgan fingerprint density at radius 3 is 2.76 bits per heavy atom. The largest absolute Gasteiger partial charge is 0.480 e. The summed E-state index contributed by atoms with van der Waals surface area (Å²) in [6, 6.07) is 10.8. The average Bonchev–Trinajstić information content (AvgIpc) is 2.92. The van der Waals surface area contributed by atoms with E-state index in [4.69, 9.17) is 10.8 Å². The zero-order valence-electron chi connectivity index (χ0n) is 11.3. The fraction of sp³-hybridized carbons (Fsp3) is 0.125. The van der Waals surface area contributed by atoms with Gasteiger partial charge in [-0.05, 0) is 29.7 Å². The van der Waals surface area contributed by atoms with Crippen LogP contribution in [0.4, 0.5) is 0 Å². The summed E-state index contributed by atoms with van der Waals surface area (Å²) in [4.78, 5) is 18.2. The molecule has 0 fully saturated rings. The standard InChI is InChI=1S/C16H15N3O2/c17-14(16(20)21)8-10-3-5-11(6-4-10)13-9-19-15-12(13)2-1-7-18-15/h1-7,9,14H,8,17H2,(H,18,19)(H,20,21)/t14-/m0/s1. The molecule has 4 N–H and O–H groups in total. The van der Waals surface area contributed by atoms with Crippen LogP contribution in [0.15, 0.2) is 48.8 Å². The molecule has 0 aliphatic rings. The van der Waals surface area contributed by atoms with Crippen molar-refractivity contribution in [1.29, 1.82) is 0 Å². The van der Waals surface area contributed by atoms with Crippen LogP contribution in [0.5, 0.6) is 0 Å². The summed E-state index contributed by atoms with van der Waals surface area (Å²) in [7, 11) is 0. The van der Waals surface area contributed by atoms with E-state index in [1.807, 2.05) is 42.6 Å². The minimum Gasteiger partial charge on any atom is -0.480 e. The maximum atomic E-state index is 10.8. The van der Waals surface area contributed by atoms with Gasteiger partial charge in [-0.15, -0.1) is 0 Å². The van der Waals surface area contributed by atoms with E-state index in [2.05, 4.69) is 9.97 Å². The number of hydrogen-bond donors (Lipinski definition) is 3. The Morgan fingerprint density at radius 1 is 1.29 bits per heavy atom. The second kappa shape index (κ2) is 5.38. The molecule has 3 aromatic rings. The lowest BCUT2D eigenvalue weighted by molar-refractivity contribution is -0.138. The molecule has 106 valence electrons. The van der Waals surface area contributed by atoms with Crippen molar-refractivity contribution in [2.75, 3.05) is 0 Å². The van der Waals surface area contributed by atoms with Gasteiger partial charge in [-0.25, -0.2) is 4.98 Å². The number of rotatable bonds is 4. The first-order valence-electron chi connectivity index (χ1n) is 6.65. The molecule has 2 heterocycles. The maximum absolute atomic E-state index is 10.8. The van der Waals surface area contributed by atoms with E-state index < -0.39 is 12.0 Å². The molecule has 0 saturated carbocycles. The predicted octanol–water partition coefficient (Wildman–Crippen LogP) is 2.18. The summed E-state index contributed by atoms with van der Waals surface area (Å²) in [5, 5.41) is 9.89. The Kier molecular flexibility index (Phi) is 3.41. The summed E-state index contributed by atoms with van der Waals surface area (Å²) in [5.41, 5.74) is 9.44. The van der Waals surface area contributed by atoms with Crippen molar-refractivity contribution >= 4 is 17.0 Å². The molecule has 1 aromatic carbocycles. The number of carboxylic acids is 1. The van der Waals surface area contributed by atoms with Crippen LogP contribution < -0.4 is 5.73 Å². The third kappa shape index (κ3) is 2.64. The molecule has 2 aromatic heterocycles. The van der Waals surface area contributed by atoms with E-state index in [0.717, 1.165) is 27.7 Å². The summed E-state index contributed by atoms with van der Waals surface area (Å²) in [6.07, 6.45) is 4.00. The number of carbonyl (C=O) groups is 1. The number of nitrogens with zero attached hydrogens (tertiary/aromatic N) is 1. The molecule has 0 aliphatic heterocycles. The molecule has 5 heteroatoms. The third-order valence-electron chi connectivity index (χ3n) is 3.49. The zero-order chi connectivity index (χ0) is 14.8. The summed E-state index contributed by atoms with van der Waals surface area (Å²) in [5.74, 6) is -0.984. The molecule has 0 amide bonds. The molecule has 0 radical (unpaired) electrons. The number of benzene rings is 1. The highest BCUT2D eigenvalue weighted by Gasteiger charge is 2.12. The van der Waals surface area contributed by atoms with Gasteiger partial charge in [-0.3, -0.25) is 4.79 Å². The monoisotopic (exact) mass is 281 g/mol. The van der Waals surface area contributed by atoms with Crippen LogP contribution in [-0.2, 0) is 11.2 Å². The van der Waals surface area contributed by atoms with Gasteiger partial charge in [-0.1, -0.05) is 24.3 Å². The molecule has 21 heavy (non-hydrogen) atoms. The van der Waals surface area contributed by atoms with E-state index in [9.17, 15) is 4.79 Å². The molecule has 3 rings (SSSR count). The highest BCUT2D eigenvalue weighted by molar-refractivity contribution is 5.93. The molecule has 0 bridgehead atoms. The number of aromatic nitrogens is 2. The van der Waals surface area contributed by atoms with E-state index in [1.165, 1.54) is 0 Å². The van der Waals surface area contributed by atoms with Gasteiger partial charge in [0.25, 0.3) is 0 Å². The molecule has 1 atom stereocenters. The van der Waals surface area contributed by atoms with E-state index in [0.29, 0.717) is 6.42 Å². The second-order valence-electron chi connectivity index (χ2n) is 4.95. The zero-order valence-corrected chi connectivity index (χ0v) is 11.3. The molecule has 0 saturated heterocycles. The van der Waals surface area contributed by atoms with E-state index in [1.54, 1.807) is 6.20 Å². The van der Waals surface area contributed by atoms with Gasteiger partial charge in [0.1, 0.15) is 11.7 Å². The van der Waals surface area contributed by atoms with Crippen LogP contribution >= 0.6 is 0 Å². The minimum atomic E-state index is -0.984. The number of pyridine rings is 1. The normalized spacial score (nSPS) is 12.4. The van der Waals surface area contributed by atoms with Crippen molar-refractivity contribution in [3.8, 4) is 11.1 Å². The summed E-state index contributed by atoms with van der Waals surface area (Å²) >= 11 is 0.